The molecule has 1 heterocycles. The Bertz CT molecular complexity index is 274. The van der Waals surface area contributed by atoms with E-state index in [1.807, 2.05) is 0 Å². The van der Waals surface area contributed by atoms with Gasteiger partial charge in [0, 0.05) is 19.1 Å². The van der Waals surface area contributed by atoms with E-state index in [-0.39, 0.29) is 13.0 Å². The molecule has 0 aromatic carbocycles. The lowest BCUT2D eigenvalue weighted by atomic mass is 9.95. The molecule has 4 heteroatoms. The van der Waals surface area contributed by atoms with Gasteiger partial charge in [-0.1, -0.05) is 0 Å². The largest absolute Gasteiger partial charge is 0.396 e. The Morgan fingerprint density at radius 1 is 1.58 bits per heavy atom. The Morgan fingerprint density at radius 3 is 2.92 bits per heavy atom. The van der Waals surface area contributed by atoms with E-state index in [9.17, 15) is 8.78 Å². The fourth-order valence-electron chi connectivity index (χ4n) is 1.45. The summed E-state index contributed by atoms with van der Waals surface area (Å²) in [7, 11) is 0. The fraction of sp³-hybridized carbons (Fsp3) is 0.500. The summed E-state index contributed by atoms with van der Waals surface area (Å²) >= 11 is 0. The highest BCUT2D eigenvalue weighted by molar-refractivity contribution is 5.38. The third-order valence-electron chi connectivity index (χ3n) is 2.18. The van der Waals surface area contributed by atoms with Crippen LogP contribution in [0, 0.1) is 0 Å². The molecule has 12 heavy (non-hydrogen) atoms. The highest BCUT2D eigenvalue weighted by Crippen LogP contribution is 2.56. The van der Waals surface area contributed by atoms with Crippen LogP contribution in [0.3, 0.4) is 0 Å². The molecule has 2 nitrogen and oxygen atoms in total. The van der Waals surface area contributed by atoms with Gasteiger partial charge in [-0.3, -0.25) is 0 Å². The number of aliphatic hydroxyl groups excluding tert-OH is 1. The maximum absolute atomic E-state index is 13.3. The molecule has 1 N–H and O–H groups in total. The van der Waals surface area contributed by atoms with Crippen molar-refractivity contribution in [1.29, 1.82) is 0 Å². The Morgan fingerprint density at radius 2 is 2.33 bits per heavy atom. The molecule has 1 fully saturated rings. The van der Waals surface area contributed by atoms with Gasteiger partial charge in [0.1, 0.15) is 5.83 Å². The van der Waals surface area contributed by atoms with Crippen molar-refractivity contribution >= 4 is 0 Å². The van der Waals surface area contributed by atoms with Crippen LogP contribution in [0.5, 0.6) is 0 Å². The molecule has 0 saturated carbocycles. The van der Waals surface area contributed by atoms with Gasteiger partial charge < -0.3 is 9.84 Å². The lowest BCUT2D eigenvalue weighted by Crippen LogP contribution is -2.21. The maximum Gasteiger partial charge on any atom is 0.265 e. The summed E-state index contributed by atoms with van der Waals surface area (Å²) in [6, 6.07) is 0. The van der Waals surface area contributed by atoms with Gasteiger partial charge in [0.25, 0.3) is 5.85 Å². The number of hydrogen-bond donors (Lipinski definition) is 1. The first-order valence-corrected chi connectivity index (χ1v) is 3.69. The third kappa shape index (κ3) is 0.850. The van der Waals surface area contributed by atoms with Gasteiger partial charge >= 0.3 is 0 Å². The first-order chi connectivity index (χ1) is 5.62. The molecule has 2 rings (SSSR count). The molecule has 0 amide bonds. The van der Waals surface area contributed by atoms with E-state index in [4.69, 9.17) is 9.84 Å². The predicted molar refractivity (Wildman–Crippen MR) is 37.7 cm³/mol. The van der Waals surface area contributed by atoms with Gasteiger partial charge in [0.05, 0.1) is 0 Å². The molecular formula is C8H8F2O2. The van der Waals surface area contributed by atoms with Crippen molar-refractivity contribution in [2.24, 2.45) is 0 Å². The second-order valence-corrected chi connectivity index (χ2v) is 2.97. The van der Waals surface area contributed by atoms with E-state index in [0.29, 0.717) is 0 Å². The van der Waals surface area contributed by atoms with Crippen LogP contribution in [0.4, 0.5) is 8.78 Å². The highest BCUT2D eigenvalue weighted by Gasteiger charge is 2.70. The SMILES string of the molecule is OCCC12C=CC(F)=CC1(F)O2. The zero-order chi connectivity index (χ0) is 8.82. The molecule has 2 unspecified atom stereocenters. The summed E-state index contributed by atoms with van der Waals surface area (Å²) < 4.78 is 30.6. The number of halogens is 2. The van der Waals surface area contributed by atoms with E-state index in [1.165, 1.54) is 6.08 Å². The van der Waals surface area contributed by atoms with Crippen LogP contribution in [0.1, 0.15) is 6.42 Å². The molecule has 0 aromatic rings. The van der Waals surface area contributed by atoms with Crippen molar-refractivity contribution in [3.63, 3.8) is 0 Å². The molecule has 1 aliphatic heterocycles. The van der Waals surface area contributed by atoms with Gasteiger partial charge in [-0.15, -0.1) is 0 Å². The van der Waals surface area contributed by atoms with Crippen LogP contribution < -0.4 is 0 Å². The molecule has 0 aromatic heterocycles. The average Bonchev–Trinajstić information content (AvgIpc) is 2.55. The van der Waals surface area contributed by atoms with E-state index < -0.39 is 17.3 Å². The fourth-order valence-corrected chi connectivity index (χ4v) is 1.45. The van der Waals surface area contributed by atoms with E-state index >= 15 is 0 Å². The molecule has 2 atom stereocenters. The summed E-state index contributed by atoms with van der Waals surface area (Å²) in [4.78, 5) is 0. The van der Waals surface area contributed by atoms with E-state index in [1.54, 1.807) is 0 Å². The van der Waals surface area contributed by atoms with Crippen molar-refractivity contribution in [1.82, 2.24) is 0 Å². The van der Waals surface area contributed by atoms with E-state index in [2.05, 4.69) is 0 Å². The zero-order valence-electron chi connectivity index (χ0n) is 6.26. The summed E-state index contributed by atoms with van der Waals surface area (Å²) in [5, 5.41) is 8.60. The minimum Gasteiger partial charge on any atom is -0.396 e. The minimum atomic E-state index is -2.02. The smallest absolute Gasteiger partial charge is 0.265 e. The second kappa shape index (κ2) is 2.14. The van der Waals surface area contributed by atoms with Crippen LogP contribution in [0.15, 0.2) is 24.1 Å². The van der Waals surface area contributed by atoms with Crippen molar-refractivity contribution < 1.29 is 18.6 Å². The van der Waals surface area contributed by atoms with Crippen molar-refractivity contribution in [3.05, 3.63) is 24.1 Å². The number of alkyl halides is 1. The maximum atomic E-state index is 13.3. The molecular weight excluding hydrogens is 166 g/mol. The number of aliphatic hydroxyl groups is 1. The van der Waals surface area contributed by atoms with Crippen LogP contribution in [-0.2, 0) is 4.74 Å². The number of allylic oxidation sites excluding steroid dienone is 2. The Hall–Kier alpha value is -0.740. The quantitative estimate of drug-likeness (QED) is 0.638. The van der Waals surface area contributed by atoms with Crippen LogP contribution in [0.2, 0.25) is 0 Å². The number of hydrogen-bond acceptors (Lipinski definition) is 2. The Balaban J connectivity index is 2.23. The summed E-state index contributed by atoms with van der Waals surface area (Å²) in [5.74, 6) is -2.65. The van der Waals surface area contributed by atoms with Gasteiger partial charge in [-0.2, -0.15) is 0 Å². The topological polar surface area (TPSA) is 32.8 Å². The van der Waals surface area contributed by atoms with Gasteiger partial charge in [-0.05, 0) is 12.2 Å². The van der Waals surface area contributed by atoms with Crippen molar-refractivity contribution in [2.45, 2.75) is 17.9 Å². The molecule has 2 aliphatic rings. The lowest BCUT2D eigenvalue weighted by Gasteiger charge is -2.09. The number of rotatable bonds is 2. The Kier molecular flexibility index (Phi) is 1.41. The predicted octanol–water partition coefficient (Wildman–Crippen LogP) is 1.23. The van der Waals surface area contributed by atoms with Crippen LogP contribution >= 0.6 is 0 Å². The molecule has 66 valence electrons. The minimum absolute atomic E-state index is 0.157. The first-order valence-electron chi connectivity index (χ1n) is 3.69. The summed E-state index contributed by atoms with van der Waals surface area (Å²) in [6.45, 7) is -0.175. The molecule has 0 radical (unpaired) electrons. The molecule has 0 bridgehead atoms. The summed E-state index contributed by atoms with van der Waals surface area (Å²) in [5.41, 5.74) is -1.10. The monoisotopic (exact) mass is 174 g/mol. The summed E-state index contributed by atoms with van der Waals surface area (Å²) in [6.07, 6.45) is 3.42. The molecule has 1 aliphatic carbocycles. The Labute approximate surface area is 68.1 Å². The normalized spacial score (nSPS) is 43.8. The average molecular weight is 174 g/mol. The van der Waals surface area contributed by atoms with Crippen molar-refractivity contribution in [3.8, 4) is 0 Å². The number of fused-ring (bicyclic) bond motifs is 1. The van der Waals surface area contributed by atoms with Crippen LogP contribution in [-0.4, -0.2) is 23.2 Å². The zero-order valence-corrected chi connectivity index (χ0v) is 6.26. The highest BCUT2D eigenvalue weighted by atomic mass is 19.2. The standard InChI is InChI=1S/C8H8F2O2/c9-6-1-2-7(3-4-11)8(10,5-6)12-7/h1-2,5,11H,3-4H2. The first kappa shape index (κ1) is 7.89. The molecule has 0 spiro atoms. The van der Waals surface area contributed by atoms with Crippen molar-refractivity contribution in [2.75, 3.05) is 6.61 Å². The number of epoxide rings is 1. The number of ether oxygens (including phenoxy) is 1. The third-order valence-corrected chi connectivity index (χ3v) is 2.18. The van der Waals surface area contributed by atoms with Gasteiger partial charge in [-0.25, -0.2) is 8.78 Å². The van der Waals surface area contributed by atoms with Crippen LogP contribution in [0.25, 0.3) is 0 Å². The van der Waals surface area contributed by atoms with Gasteiger partial charge in [0.2, 0.25) is 0 Å². The van der Waals surface area contributed by atoms with Gasteiger partial charge in [0.15, 0.2) is 5.60 Å². The molecule has 1 saturated heterocycles. The second-order valence-electron chi connectivity index (χ2n) is 2.97. The lowest BCUT2D eigenvalue weighted by molar-refractivity contribution is 0.185. The van der Waals surface area contributed by atoms with E-state index in [0.717, 1.165) is 12.2 Å².